The molecule has 0 saturated carbocycles. The Balaban J connectivity index is 1.72. The van der Waals surface area contributed by atoms with Gasteiger partial charge < -0.3 is 0 Å². The monoisotopic (exact) mass is 619 g/mol. The van der Waals surface area contributed by atoms with E-state index in [1.807, 2.05) is 6.07 Å². The number of rotatable bonds is 6. The van der Waals surface area contributed by atoms with Gasteiger partial charge in [0, 0.05) is 0 Å². The summed E-state index contributed by atoms with van der Waals surface area (Å²) < 4.78 is 13.6. The number of methoxy groups -OCH3 is 2. The van der Waals surface area contributed by atoms with Gasteiger partial charge >= 0.3 is 215 Å². The molecule has 0 unspecified atom stereocenters. The van der Waals surface area contributed by atoms with Gasteiger partial charge in [0.25, 0.3) is 0 Å². The number of nitrogens with zero attached hydrogens (tertiary/aromatic N) is 1. The zero-order valence-corrected chi connectivity index (χ0v) is 22.3. The summed E-state index contributed by atoms with van der Waals surface area (Å²) in [4.78, 5) is 11.9. The fourth-order valence-corrected chi connectivity index (χ4v) is 11.6. The molecule has 3 aromatic rings. The van der Waals surface area contributed by atoms with Crippen LogP contribution in [0.15, 0.2) is 36.9 Å². The summed E-state index contributed by atoms with van der Waals surface area (Å²) in [5.41, 5.74) is 4.33. The van der Waals surface area contributed by atoms with Gasteiger partial charge in [-0.15, -0.1) is 0 Å². The Bertz CT molecular complexity index is 1220. The number of fused-ring (bicyclic) bond motifs is 1. The van der Waals surface area contributed by atoms with Crippen LogP contribution < -0.4 is 34.6 Å². The molecule has 1 aromatic heterocycles. The number of hydrogen-bond donors (Lipinski definition) is 2. The van der Waals surface area contributed by atoms with E-state index in [0.29, 0.717) is 32.3 Å². The number of benzene rings is 2. The van der Waals surface area contributed by atoms with Crippen LogP contribution in [0.3, 0.4) is 0 Å². The van der Waals surface area contributed by atoms with Gasteiger partial charge in [0.05, 0.1) is 0 Å². The van der Waals surface area contributed by atoms with E-state index in [1.54, 1.807) is 32.4 Å². The fourth-order valence-electron chi connectivity index (χ4n) is 3.70. The zero-order valence-electron chi connectivity index (χ0n) is 17.9. The average Bonchev–Trinajstić information content (AvgIpc) is 3.23. The number of amides is 1. The number of alkyl halides is 2. The number of halogens is 4. The van der Waals surface area contributed by atoms with E-state index in [2.05, 4.69) is 22.1 Å². The molecule has 33 heavy (non-hydrogen) atoms. The van der Waals surface area contributed by atoms with Crippen molar-refractivity contribution in [2.45, 2.75) is 10.8 Å². The molecule has 0 saturated heterocycles. The second-order valence-electron chi connectivity index (χ2n) is 7.16. The van der Waals surface area contributed by atoms with Crippen molar-refractivity contribution in [1.29, 1.82) is 0 Å². The minimum atomic E-state index is -1.83. The van der Waals surface area contributed by atoms with E-state index in [4.69, 9.17) is 44.3 Å². The Morgan fingerprint density at radius 3 is 2.52 bits per heavy atom. The Morgan fingerprint density at radius 1 is 1.18 bits per heavy atom. The summed E-state index contributed by atoms with van der Waals surface area (Å²) in [6, 6.07) is 7.02. The van der Waals surface area contributed by atoms with Crippen LogP contribution in [-0.4, -0.2) is 34.8 Å². The molecule has 10 heteroatoms. The third-order valence-electron chi connectivity index (χ3n) is 5.29. The second-order valence-corrected chi connectivity index (χ2v) is 13.9. The first-order chi connectivity index (χ1) is 15.9. The Morgan fingerprint density at radius 2 is 1.88 bits per heavy atom. The molecular weight excluding hydrogens is 600 g/mol. The molecule has 2 N–H and O–H groups in total. The molecular formula is C23H21Cl3IN3O3-. The predicted molar refractivity (Wildman–Crippen MR) is 128 cm³/mol. The number of anilines is 1. The summed E-state index contributed by atoms with van der Waals surface area (Å²) in [7, 11) is 3.16. The fraction of sp³-hybridized carbons (Fsp3) is 0.217. The number of aromatic amines is 1. The number of hydrogen-bond acceptors (Lipinski definition) is 4. The van der Waals surface area contributed by atoms with Crippen LogP contribution in [0.4, 0.5) is 5.69 Å². The van der Waals surface area contributed by atoms with E-state index in [-0.39, 0.29) is 5.91 Å². The molecule has 1 aliphatic heterocycles. The molecule has 0 bridgehead atoms. The maximum atomic E-state index is 11.9. The SMILES string of the molecule is C=CC(=O)Nc1ccc(Cl)cc1-c1n[nH]c2c1CC[I-](c1c(Cl)c(OC)cc(OC)c1Cl)C2. The normalized spacial score (nSPS) is 13.9. The molecule has 1 radical (unpaired) electrons. The molecule has 0 aliphatic carbocycles. The van der Waals surface area contributed by atoms with Crippen LogP contribution in [-0.2, 0) is 15.6 Å². The third kappa shape index (κ3) is 4.69. The average molecular weight is 621 g/mol. The van der Waals surface area contributed by atoms with Crippen molar-refractivity contribution < 1.29 is 34.1 Å². The molecule has 4 rings (SSSR count). The number of nitrogens with one attached hydrogen (secondary N) is 2. The molecule has 6 nitrogen and oxygen atoms in total. The molecule has 1 aliphatic rings. The number of carbonyl (C=O) groups is 1. The van der Waals surface area contributed by atoms with Gasteiger partial charge in [0.1, 0.15) is 0 Å². The molecule has 0 fully saturated rings. The van der Waals surface area contributed by atoms with Crippen molar-refractivity contribution in [3.63, 3.8) is 0 Å². The summed E-state index contributed by atoms with van der Waals surface area (Å²) in [6.45, 7) is 3.52. The molecule has 2 heterocycles. The van der Waals surface area contributed by atoms with Gasteiger partial charge in [-0.05, 0) is 0 Å². The Kier molecular flexibility index (Phi) is 7.43. The number of H-pyrrole nitrogens is 1. The van der Waals surface area contributed by atoms with Gasteiger partial charge in [-0.3, -0.25) is 0 Å². The van der Waals surface area contributed by atoms with E-state index < -0.39 is 19.8 Å². The van der Waals surface area contributed by atoms with Crippen molar-refractivity contribution in [2.75, 3.05) is 24.0 Å². The van der Waals surface area contributed by atoms with E-state index in [0.717, 1.165) is 41.4 Å². The van der Waals surface area contributed by atoms with Crippen LogP contribution in [0.1, 0.15) is 11.3 Å². The van der Waals surface area contributed by atoms with Crippen molar-refractivity contribution in [1.82, 2.24) is 10.2 Å². The third-order valence-corrected chi connectivity index (χ3v) is 13.0. The standard InChI is InChI=1S/C23H21Cl3IN3O3/c1-4-19(31)28-15-6-5-12(24)9-14(15)23-13-7-8-27(11-16(13)29-30-23)22-20(25)17(32-2)10-18(33-3)21(22)26/h4-6,9-10H,1,7-8,11H2,2-3H3,(H,28,31)(H,29,30)/q-1. The first-order valence-electron chi connectivity index (χ1n) is 9.89. The molecule has 1 amide bonds. The van der Waals surface area contributed by atoms with Crippen LogP contribution in [0.2, 0.25) is 15.1 Å². The summed E-state index contributed by atoms with van der Waals surface area (Å²) in [5.74, 6) is 0.818. The number of ether oxygens (including phenoxy) is 2. The van der Waals surface area contributed by atoms with Gasteiger partial charge in [-0.1, -0.05) is 0 Å². The van der Waals surface area contributed by atoms with Crippen LogP contribution >= 0.6 is 34.8 Å². The van der Waals surface area contributed by atoms with Gasteiger partial charge in [-0.25, -0.2) is 0 Å². The van der Waals surface area contributed by atoms with Gasteiger partial charge in [0.15, 0.2) is 0 Å². The van der Waals surface area contributed by atoms with Crippen molar-refractivity contribution >= 4 is 46.4 Å². The van der Waals surface area contributed by atoms with Crippen molar-refractivity contribution in [2.24, 2.45) is 0 Å². The molecule has 0 atom stereocenters. The minimum absolute atomic E-state index is 0.298. The first-order valence-corrected chi connectivity index (χ1v) is 15.1. The molecule has 2 aromatic carbocycles. The van der Waals surface area contributed by atoms with Crippen LogP contribution in [0, 0.1) is 3.57 Å². The van der Waals surface area contributed by atoms with Crippen molar-refractivity contribution in [3.8, 4) is 22.8 Å². The molecule has 0 spiro atoms. The zero-order chi connectivity index (χ0) is 23.7. The van der Waals surface area contributed by atoms with Crippen molar-refractivity contribution in [3.05, 3.63) is 66.8 Å². The predicted octanol–water partition coefficient (Wildman–Crippen LogP) is 2.73. The van der Waals surface area contributed by atoms with E-state index in [1.165, 1.54) is 6.08 Å². The van der Waals surface area contributed by atoms with Crippen LogP contribution in [0.5, 0.6) is 11.5 Å². The van der Waals surface area contributed by atoms with Crippen LogP contribution in [0.25, 0.3) is 11.3 Å². The topological polar surface area (TPSA) is 76.2 Å². The summed E-state index contributed by atoms with van der Waals surface area (Å²) >= 11 is 17.8. The number of aromatic nitrogens is 2. The number of carbonyl (C=O) groups excluding carboxylic acids is 1. The molecule has 175 valence electrons. The van der Waals surface area contributed by atoms with Gasteiger partial charge in [0.2, 0.25) is 0 Å². The summed E-state index contributed by atoms with van der Waals surface area (Å²) in [5, 5.41) is 12.3. The van der Waals surface area contributed by atoms with E-state index >= 15 is 0 Å². The Hall–Kier alpha value is -1.94. The second kappa shape index (κ2) is 10.1. The quantitative estimate of drug-likeness (QED) is 0.193. The maximum absolute atomic E-state index is 11.9. The van der Waals surface area contributed by atoms with Gasteiger partial charge in [-0.2, -0.15) is 0 Å². The Labute approximate surface area is 214 Å². The van der Waals surface area contributed by atoms with E-state index in [9.17, 15) is 4.79 Å². The summed E-state index contributed by atoms with van der Waals surface area (Å²) in [6.07, 6.45) is 2.03. The first kappa shape index (κ1) is 24.2.